The lowest BCUT2D eigenvalue weighted by molar-refractivity contribution is -0.0236. The highest BCUT2D eigenvalue weighted by Gasteiger charge is 2.35. The van der Waals surface area contributed by atoms with E-state index >= 15 is 0 Å². The maximum Gasteiger partial charge on any atom is 0.486 e. The zero-order valence-corrected chi connectivity index (χ0v) is 19.6. The molecule has 5 heteroatoms. The Hall–Kier alpha value is -2.08. The van der Waals surface area contributed by atoms with Gasteiger partial charge >= 0.3 is 7.12 Å². The van der Waals surface area contributed by atoms with E-state index in [1.54, 1.807) is 0 Å². The minimum Gasteiger partial charge on any atom is -0.493 e. The zero-order chi connectivity index (χ0) is 22.3. The van der Waals surface area contributed by atoms with Crippen LogP contribution in [-0.4, -0.2) is 25.4 Å². The van der Waals surface area contributed by atoms with Crippen molar-refractivity contribution in [2.24, 2.45) is 0 Å². The topological polar surface area (TPSA) is 39.7 Å². The van der Waals surface area contributed by atoms with Gasteiger partial charge in [-0.2, -0.15) is 0 Å². The third-order valence-corrected chi connectivity index (χ3v) is 5.29. The maximum atomic E-state index is 5.94. The molecule has 2 aromatic carbocycles. The number of hydrogen-bond acceptors (Lipinski definition) is 4. The first-order valence-electron chi connectivity index (χ1n) is 11.3. The quantitative estimate of drug-likeness (QED) is 0.426. The molecule has 0 saturated carbocycles. The van der Waals surface area contributed by atoms with Gasteiger partial charge in [0.15, 0.2) is 0 Å². The summed E-state index contributed by atoms with van der Waals surface area (Å²) >= 11 is 0. The number of hydrogen-bond donors (Lipinski definition) is 1. The predicted octanol–water partition coefficient (Wildman–Crippen LogP) is 5.55. The van der Waals surface area contributed by atoms with Crippen LogP contribution in [0, 0.1) is 13.8 Å². The van der Waals surface area contributed by atoms with Gasteiger partial charge < -0.3 is 19.4 Å². The van der Waals surface area contributed by atoms with Crippen molar-refractivity contribution >= 4 is 7.12 Å². The van der Waals surface area contributed by atoms with Gasteiger partial charge in [0.05, 0.1) is 12.2 Å². The number of aryl methyl sites for hydroxylation is 2. The van der Waals surface area contributed by atoms with Crippen molar-refractivity contribution in [1.82, 2.24) is 5.32 Å². The summed E-state index contributed by atoms with van der Waals surface area (Å²) in [5.74, 6) is 2.89. The molecule has 1 atom stereocenters. The molecular weight excluding hydrogens is 385 g/mol. The second-order valence-corrected chi connectivity index (χ2v) is 9.21. The first-order valence-corrected chi connectivity index (χ1v) is 11.3. The summed E-state index contributed by atoms with van der Waals surface area (Å²) in [4.78, 5) is 0. The molecule has 166 valence electrons. The average molecular weight is 421 g/mol. The van der Waals surface area contributed by atoms with Crippen LogP contribution < -0.4 is 10.1 Å². The van der Waals surface area contributed by atoms with E-state index in [-0.39, 0.29) is 18.8 Å². The van der Waals surface area contributed by atoms with Gasteiger partial charge in [0.25, 0.3) is 0 Å². The minimum atomic E-state index is -0.269. The fraction of sp³-hybridized carbons (Fsp3) is 0.462. The van der Waals surface area contributed by atoms with Gasteiger partial charge in [0.1, 0.15) is 5.75 Å². The Kier molecular flexibility index (Phi) is 8.36. The van der Waals surface area contributed by atoms with Crippen LogP contribution in [0.3, 0.4) is 0 Å². The summed E-state index contributed by atoms with van der Waals surface area (Å²) < 4.78 is 17.6. The first-order chi connectivity index (χ1) is 14.8. The van der Waals surface area contributed by atoms with E-state index in [4.69, 9.17) is 14.0 Å². The second-order valence-electron chi connectivity index (χ2n) is 9.21. The molecule has 1 fully saturated rings. The molecule has 1 heterocycles. The molecule has 0 spiro atoms. The molecule has 1 aliphatic heterocycles. The van der Waals surface area contributed by atoms with Crippen molar-refractivity contribution in [2.45, 2.75) is 72.3 Å². The molecule has 0 aromatic heterocycles. The van der Waals surface area contributed by atoms with Gasteiger partial charge in [-0.05, 0) is 70.7 Å². The summed E-state index contributed by atoms with van der Waals surface area (Å²) in [6, 6.07) is 15.0. The minimum absolute atomic E-state index is 0.140. The lowest BCUT2D eigenvalue weighted by Crippen LogP contribution is -2.45. The molecule has 3 rings (SSSR count). The van der Waals surface area contributed by atoms with Gasteiger partial charge in [-0.25, -0.2) is 0 Å². The van der Waals surface area contributed by atoms with Crippen LogP contribution >= 0.6 is 0 Å². The van der Waals surface area contributed by atoms with E-state index in [1.807, 2.05) is 18.1 Å². The van der Waals surface area contributed by atoms with Gasteiger partial charge in [-0.1, -0.05) is 53.5 Å². The highest BCUT2D eigenvalue weighted by Crippen LogP contribution is 2.26. The van der Waals surface area contributed by atoms with Crippen molar-refractivity contribution < 1.29 is 14.0 Å². The standard InChI is InChI=1S/C26H36BNO3/c1-20-14-21(2)16-24(15-20)19-28-18-23-8-10-25(11-9-23)29-13-7-6-12-27-30-22(3)17-26(4,5)31-27/h6,8-12,14-16,22,28H,7,13,17-19H2,1-5H3/b12-6+. The summed E-state index contributed by atoms with van der Waals surface area (Å²) in [5.41, 5.74) is 5.06. The third kappa shape index (κ3) is 8.17. The third-order valence-electron chi connectivity index (χ3n) is 5.29. The molecule has 0 amide bonds. The molecule has 2 aromatic rings. The molecule has 1 N–H and O–H groups in total. The van der Waals surface area contributed by atoms with Crippen molar-refractivity contribution in [3.63, 3.8) is 0 Å². The van der Waals surface area contributed by atoms with Crippen LogP contribution in [0.1, 0.15) is 55.9 Å². The van der Waals surface area contributed by atoms with Crippen LogP contribution in [0.5, 0.6) is 5.75 Å². The van der Waals surface area contributed by atoms with E-state index in [1.165, 1.54) is 22.3 Å². The SMILES string of the molecule is Cc1cc(C)cc(CNCc2ccc(OCC/C=C/B3OC(C)CC(C)(C)O3)cc2)c1. The van der Waals surface area contributed by atoms with E-state index in [2.05, 4.69) is 76.3 Å². The van der Waals surface area contributed by atoms with Crippen LogP contribution in [-0.2, 0) is 22.4 Å². The Balaban J connectivity index is 1.35. The summed E-state index contributed by atoms with van der Waals surface area (Å²) in [5, 5.41) is 3.52. The van der Waals surface area contributed by atoms with E-state index < -0.39 is 0 Å². The van der Waals surface area contributed by atoms with Crippen molar-refractivity contribution in [3.05, 3.63) is 76.8 Å². The first kappa shape index (κ1) is 23.6. The smallest absolute Gasteiger partial charge is 0.486 e. The number of benzene rings is 2. The maximum absolute atomic E-state index is 5.94. The van der Waals surface area contributed by atoms with Gasteiger partial charge in [-0.15, -0.1) is 0 Å². The lowest BCUT2D eigenvalue weighted by Gasteiger charge is -2.37. The second kappa shape index (κ2) is 11.0. The monoisotopic (exact) mass is 421 g/mol. The molecule has 31 heavy (non-hydrogen) atoms. The molecule has 1 unspecified atom stereocenters. The number of nitrogens with one attached hydrogen (secondary N) is 1. The van der Waals surface area contributed by atoms with E-state index in [9.17, 15) is 0 Å². The Morgan fingerprint density at radius 2 is 1.74 bits per heavy atom. The Morgan fingerprint density at radius 3 is 2.42 bits per heavy atom. The zero-order valence-electron chi connectivity index (χ0n) is 19.6. The lowest BCUT2D eigenvalue weighted by atomic mass is 9.82. The van der Waals surface area contributed by atoms with Crippen molar-refractivity contribution in [1.29, 1.82) is 0 Å². The molecule has 4 nitrogen and oxygen atoms in total. The van der Waals surface area contributed by atoms with E-state index in [0.29, 0.717) is 6.61 Å². The predicted molar refractivity (Wildman–Crippen MR) is 128 cm³/mol. The van der Waals surface area contributed by atoms with Crippen LogP contribution in [0.15, 0.2) is 54.5 Å². The van der Waals surface area contributed by atoms with Crippen LogP contribution in [0.4, 0.5) is 0 Å². The van der Waals surface area contributed by atoms with Crippen molar-refractivity contribution in [3.8, 4) is 5.75 Å². The highest BCUT2D eigenvalue weighted by molar-refractivity contribution is 6.51. The molecule has 1 aliphatic rings. The molecule has 0 bridgehead atoms. The largest absolute Gasteiger partial charge is 0.493 e. The fourth-order valence-corrected chi connectivity index (χ4v) is 4.12. The van der Waals surface area contributed by atoms with Gasteiger partial charge in [0, 0.05) is 19.2 Å². The molecule has 0 aliphatic carbocycles. The van der Waals surface area contributed by atoms with E-state index in [0.717, 1.165) is 31.7 Å². The van der Waals surface area contributed by atoms with Gasteiger partial charge in [-0.3, -0.25) is 0 Å². The summed E-state index contributed by atoms with van der Waals surface area (Å²) in [6.45, 7) is 12.9. The summed E-state index contributed by atoms with van der Waals surface area (Å²) in [7, 11) is -0.269. The van der Waals surface area contributed by atoms with Crippen molar-refractivity contribution in [2.75, 3.05) is 6.61 Å². The Bertz CT molecular complexity index is 843. The fourth-order valence-electron chi connectivity index (χ4n) is 4.12. The molecule has 1 saturated heterocycles. The molecular formula is C26H36BNO3. The highest BCUT2D eigenvalue weighted by atomic mass is 16.6. The van der Waals surface area contributed by atoms with Crippen LogP contribution in [0.25, 0.3) is 0 Å². The van der Waals surface area contributed by atoms with Crippen LogP contribution in [0.2, 0.25) is 0 Å². The van der Waals surface area contributed by atoms with Gasteiger partial charge in [0.2, 0.25) is 0 Å². The number of ether oxygens (including phenoxy) is 1. The molecule has 0 radical (unpaired) electrons. The Morgan fingerprint density at radius 1 is 1.06 bits per heavy atom. The number of rotatable bonds is 9. The average Bonchev–Trinajstić information content (AvgIpc) is 2.66. The summed E-state index contributed by atoms with van der Waals surface area (Å²) in [6.07, 6.45) is 4.02. The Labute approximate surface area is 188 Å². The normalized spacial score (nSPS) is 18.5.